The summed E-state index contributed by atoms with van der Waals surface area (Å²) in [6.45, 7) is 6.39. The van der Waals surface area contributed by atoms with Gasteiger partial charge in [0.1, 0.15) is 0 Å². The number of hydrogen-bond acceptors (Lipinski definition) is 1. The van der Waals surface area contributed by atoms with Gasteiger partial charge in [-0.05, 0) is 18.1 Å². The van der Waals surface area contributed by atoms with Crippen LogP contribution in [-0.2, 0) is 6.42 Å². The van der Waals surface area contributed by atoms with E-state index in [2.05, 4.69) is 13.5 Å². The van der Waals surface area contributed by atoms with Crippen LogP contribution in [0, 0.1) is 5.41 Å². The molecule has 1 nitrogen and oxygen atoms in total. The fourth-order valence-corrected chi connectivity index (χ4v) is 1.73. The van der Waals surface area contributed by atoms with Crippen LogP contribution in [0.5, 0.6) is 0 Å². The monoisotopic (exact) mass is 243 g/mol. The minimum absolute atomic E-state index is 0.131. The Balaban J connectivity index is 2.98. The quantitative estimate of drug-likeness (QED) is 0.803. The summed E-state index contributed by atoms with van der Waals surface area (Å²) in [5.74, 6) is 0. The van der Waals surface area contributed by atoms with Crippen LogP contribution in [0.3, 0.4) is 0 Å². The second-order valence-electron chi connectivity index (χ2n) is 3.95. The first-order chi connectivity index (χ1) is 7.02. The molecule has 0 heterocycles. The van der Waals surface area contributed by atoms with Crippen LogP contribution < -0.4 is 5.73 Å². The largest absolute Gasteiger partial charge is 0.330 e. The molecule has 1 aromatic rings. The molecule has 0 bridgehead atoms. The van der Waals surface area contributed by atoms with Crippen molar-refractivity contribution in [1.82, 2.24) is 0 Å². The lowest BCUT2D eigenvalue weighted by atomic mass is 9.84. The van der Waals surface area contributed by atoms with Crippen molar-refractivity contribution in [2.24, 2.45) is 11.1 Å². The fraction of sp³-hybridized carbons (Fsp3) is 0.333. The number of benzene rings is 1. The lowest BCUT2D eigenvalue weighted by molar-refractivity contribution is 0.439. The van der Waals surface area contributed by atoms with Crippen LogP contribution in [0.1, 0.15) is 12.5 Å². The van der Waals surface area contributed by atoms with Gasteiger partial charge in [-0.2, -0.15) is 0 Å². The third-order valence-electron chi connectivity index (χ3n) is 2.58. The highest BCUT2D eigenvalue weighted by Crippen LogP contribution is 2.31. The van der Waals surface area contributed by atoms with Gasteiger partial charge in [0, 0.05) is 12.0 Å². The van der Waals surface area contributed by atoms with E-state index in [1.165, 1.54) is 0 Å². The summed E-state index contributed by atoms with van der Waals surface area (Å²) in [5.41, 5.74) is 6.59. The molecule has 0 saturated heterocycles. The normalized spacial score (nSPS) is 14.7. The highest BCUT2D eigenvalue weighted by Gasteiger charge is 2.20. The molecule has 1 unspecified atom stereocenters. The Morgan fingerprint density at radius 2 is 2.13 bits per heavy atom. The summed E-state index contributed by atoms with van der Waals surface area (Å²) < 4.78 is 0. The van der Waals surface area contributed by atoms with Crippen LogP contribution in [0.15, 0.2) is 30.9 Å². The van der Waals surface area contributed by atoms with Gasteiger partial charge in [0.05, 0.1) is 10.0 Å². The van der Waals surface area contributed by atoms with Crippen molar-refractivity contribution < 1.29 is 0 Å². The molecule has 0 aromatic heterocycles. The van der Waals surface area contributed by atoms with Gasteiger partial charge in [-0.15, -0.1) is 6.58 Å². The number of nitrogens with two attached hydrogens (primary N) is 1. The Hall–Kier alpha value is -0.500. The van der Waals surface area contributed by atoms with Crippen LogP contribution in [0.2, 0.25) is 10.0 Å². The summed E-state index contributed by atoms with van der Waals surface area (Å²) in [6.07, 6.45) is 2.62. The smallest absolute Gasteiger partial charge is 0.0624 e. The Kier molecular flexibility index (Phi) is 4.21. The molecule has 3 heteroatoms. The van der Waals surface area contributed by atoms with E-state index in [1.54, 1.807) is 6.07 Å². The number of rotatable bonds is 4. The van der Waals surface area contributed by atoms with Gasteiger partial charge in [-0.25, -0.2) is 0 Å². The maximum absolute atomic E-state index is 6.11. The summed E-state index contributed by atoms with van der Waals surface area (Å²) in [6, 6.07) is 5.64. The first kappa shape index (κ1) is 12.6. The first-order valence-corrected chi connectivity index (χ1v) is 5.54. The van der Waals surface area contributed by atoms with E-state index in [1.807, 2.05) is 18.2 Å². The summed E-state index contributed by atoms with van der Waals surface area (Å²) in [7, 11) is 0. The van der Waals surface area contributed by atoms with Crippen LogP contribution >= 0.6 is 23.2 Å². The van der Waals surface area contributed by atoms with E-state index in [0.29, 0.717) is 16.6 Å². The average Bonchev–Trinajstić information content (AvgIpc) is 2.25. The van der Waals surface area contributed by atoms with Crippen molar-refractivity contribution in [3.05, 3.63) is 46.5 Å². The van der Waals surface area contributed by atoms with E-state index < -0.39 is 0 Å². The topological polar surface area (TPSA) is 26.0 Å². The van der Waals surface area contributed by atoms with Crippen molar-refractivity contribution in [2.45, 2.75) is 13.3 Å². The Morgan fingerprint density at radius 3 is 2.67 bits per heavy atom. The molecule has 15 heavy (non-hydrogen) atoms. The molecule has 0 aliphatic carbocycles. The molecular weight excluding hydrogens is 229 g/mol. The van der Waals surface area contributed by atoms with Gasteiger partial charge in [-0.3, -0.25) is 0 Å². The summed E-state index contributed by atoms with van der Waals surface area (Å²) in [4.78, 5) is 0. The van der Waals surface area contributed by atoms with Gasteiger partial charge < -0.3 is 5.73 Å². The van der Waals surface area contributed by atoms with Gasteiger partial charge in [0.25, 0.3) is 0 Å². The van der Waals surface area contributed by atoms with Crippen molar-refractivity contribution in [3.63, 3.8) is 0 Å². The molecule has 2 N–H and O–H groups in total. The van der Waals surface area contributed by atoms with Crippen molar-refractivity contribution in [2.75, 3.05) is 6.54 Å². The molecule has 0 spiro atoms. The van der Waals surface area contributed by atoms with Gasteiger partial charge in [-0.1, -0.05) is 48.3 Å². The molecule has 0 saturated carbocycles. The van der Waals surface area contributed by atoms with Crippen LogP contribution in [0.4, 0.5) is 0 Å². The zero-order valence-electron chi connectivity index (χ0n) is 8.76. The minimum atomic E-state index is -0.131. The van der Waals surface area contributed by atoms with E-state index in [4.69, 9.17) is 28.9 Å². The summed E-state index contributed by atoms with van der Waals surface area (Å²) >= 11 is 12.0. The zero-order valence-corrected chi connectivity index (χ0v) is 10.3. The van der Waals surface area contributed by atoms with Crippen molar-refractivity contribution in [3.8, 4) is 0 Å². The first-order valence-electron chi connectivity index (χ1n) is 4.79. The van der Waals surface area contributed by atoms with Crippen molar-refractivity contribution >= 4 is 23.2 Å². The molecule has 0 fully saturated rings. The third-order valence-corrected chi connectivity index (χ3v) is 3.44. The third kappa shape index (κ3) is 2.97. The molecule has 1 atom stereocenters. The highest BCUT2D eigenvalue weighted by molar-refractivity contribution is 6.42. The molecule has 0 radical (unpaired) electrons. The lowest BCUT2D eigenvalue weighted by Gasteiger charge is -2.24. The lowest BCUT2D eigenvalue weighted by Crippen LogP contribution is -2.27. The van der Waals surface area contributed by atoms with E-state index in [0.717, 1.165) is 12.0 Å². The van der Waals surface area contributed by atoms with Crippen LogP contribution in [-0.4, -0.2) is 6.54 Å². The molecule has 82 valence electrons. The van der Waals surface area contributed by atoms with E-state index in [-0.39, 0.29) is 5.41 Å². The molecule has 1 rings (SSSR count). The van der Waals surface area contributed by atoms with Gasteiger partial charge in [0.2, 0.25) is 0 Å². The predicted molar refractivity (Wildman–Crippen MR) is 67.5 cm³/mol. The Morgan fingerprint density at radius 1 is 1.47 bits per heavy atom. The molecular formula is C12H15Cl2N. The molecule has 0 amide bonds. The van der Waals surface area contributed by atoms with E-state index >= 15 is 0 Å². The maximum atomic E-state index is 6.11. The summed E-state index contributed by atoms with van der Waals surface area (Å²) in [5, 5.41) is 1.19. The van der Waals surface area contributed by atoms with E-state index in [9.17, 15) is 0 Å². The van der Waals surface area contributed by atoms with Crippen LogP contribution in [0.25, 0.3) is 0 Å². The average molecular weight is 244 g/mol. The second kappa shape index (κ2) is 5.02. The molecule has 0 aliphatic rings. The van der Waals surface area contributed by atoms with Crippen molar-refractivity contribution in [1.29, 1.82) is 0 Å². The molecule has 0 aliphatic heterocycles. The Labute approximate surface area is 101 Å². The zero-order chi connectivity index (χ0) is 11.5. The standard InChI is InChI=1S/C12H15Cl2N/c1-3-12(2,8-15)7-9-5-4-6-10(13)11(9)14/h3-6H,1,7-8,15H2,2H3. The fourth-order valence-electron chi connectivity index (χ4n) is 1.35. The minimum Gasteiger partial charge on any atom is -0.330 e. The number of halogens is 2. The molecule has 1 aromatic carbocycles. The second-order valence-corrected chi connectivity index (χ2v) is 4.74. The van der Waals surface area contributed by atoms with Gasteiger partial charge in [0.15, 0.2) is 0 Å². The highest BCUT2D eigenvalue weighted by atomic mass is 35.5. The van der Waals surface area contributed by atoms with Gasteiger partial charge >= 0.3 is 0 Å². The number of hydrogen-bond donors (Lipinski definition) is 1. The Bertz CT molecular complexity index is 363. The maximum Gasteiger partial charge on any atom is 0.0624 e. The SMILES string of the molecule is C=CC(C)(CN)Cc1cccc(Cl)c1Cl. The predicted octanol–water partition coefficient (Wildman–Crippen LogP) is 3.69.